The van der Waals surface area contributed by atoms with Crippen molar-refractivity contribution in [3.8, 4) is 0 Å². The molecular weight excluding hydrogens is 382 g/mol. The molecule has 0 saturated heterocycles. The van der Waals surface area contributed by atoms with E-state index < -0.39 is 5.25 Å². The molecule has 0 aromatic carbocycles. The molecule has 0 bridgehead atoms. The predicted octanol–water partition coefficient (Wildman–Crippen LogP) is 4.05. The molecular formula is C19H23N3O3S2. The molecule has 1 amide bonds. The van der Waals surface area contributed by atoms with Crippen molar-refractivity contribution in [3.63, 3.8) is 0 Å². The summed E-state index contributed by atoms with van der Waals surface area (Å²) in [5, 5.41) is 3.72. The maximum atomic E-state index is 13.1. The predicted molar refractivity (Wildman–Crippen MR) is 110 cm³/mol. The van der Waals surface area contributed by atoms with Crippen LogP contribution in [-0.2, 0) is 11.3 Å². The van der Waals surface area contributed by atoms with Crippen LogP contribution in [0.3, 0.4) is 0 Å². The zero-order valence-corrected chi connectivity index (χ0v) is 17.7. The normalized spacial score (nSPS) is 12.7. The Hall–Kier alpha value is -2.06. The number of carbonyl (C=O) groups is 1. The van der Waals surface area contributed by atoms with Gasteiger partial charge in [0.05, 0.1) is 23.4 Å². The number of furan rings is 1. The number of carbonyl (C=O) groups excluding carboxylic acids is 1. The maximum absolute atomic E-state index is 13.1. The van der Waals surface area contributed by atoms with Crippen LogP contribution < -0.4 is 10.9 Å². The van der Waals surface area contributed by atoms with E-state index >= 15 is 0 Å². The molecule has 3 aromatic rings. The highest BCUT2D eigenvalue weighted by Crippen LogP contribution is 2.30. The first kappa shape index (κ1) is 19.7. The summed E-state index contributed by atoms with van der Waals surface area (Å²) in [5.41, 5.74) is 0.949. The van der Waals surface area contributed by atoms with Gasteiger partial charge in [-0.2, -0.15) is 0 Å². The number of fused-ring (bicyclic) bond motifs is 1. The number of nitrogens with zero attached hydrogens (tertiary/aromatic N) is 2. The molecule has 0 fully saturated rings. The molecule has 1 N–H and O–H groups in total. The first-order valence-corrected chi connectivity index (χ1v) is 10.5. The molecule has 3 heterocycles. The van der Waals surface area contributed by atoms with Crippen molar-refractivity contribution in [1.82, 2.24) is 14.9 Å². The second-order valence-corrected chi connectivity index (χ2v) is 9.20. The third-order valence-corrected chi connectivity index (χ3v) is 6.55. The monoisotopic (exact) mass is 405 g/mol. The highest BCUT2D eigenvalue weighted by atomic mass is 32.2. The van der Waals surface area contributed by atoms with Crippen LogP contribution in [0.25, 0.3) is 10.2 Å². The van der Waals surface area contributed by atoms with Gasteiger partial charge in [0.2, 0.25) is 5.91 Å². The highest BCUT2D eigenvalue weighted by molar-refractivity contribution is 8.00. The van der Waals surface area contributed by atoms with Crippen LogP contribution in [-0.4, -0.2) is 20.7 Å². The van der Waals surface area contributed by atoms with Crippen molar-refractivity contribution in [3.05, 3.63) is 45.0 Å². The van der Waals surface area contributed by atoms with Crippen molar-refractivity contribution >= 4 is 39.2 Å². The Bertz CT molecular complexity index is 1020. The highest BCUT2D eigenvalue weighted by Gasteiger charge is 2.22. The summed E-state index contributed by atoms with van der Waals surface area (Å²) >= 11 is 2.82. The van der Waals surface area contributed by atoms with Crippen molar-refractivity contribution in [2.75, 3.05) is 0 Å². The molecule has 0 aliphatic heterocycles. The van der Waals surface area contributed by atoms with Gasteiger partial charge in [0.1, 0.15) is 10.6 Å². The number of hydrogen-bond donors (Lipinski definition) is 1. The Morgan fingerprint density at radius 2 is 2.11 bits per heavy atom. The van der Waals surface area contributed by atoms with Gasteiger partial charge >= 0.3 is 0 Å². The number of aromatic nitrogens is 2. The van der Waals surface area contributed by atoms with E-state index in [1.165, 1.54) is 23.1 Å². The van der Waals surface area contributed by atoms with Crippen LogP contribution in [0.2, 0.25) is 0 Å². The Kier molecular flexibility index (Phi) is 5.76. The minimum Gasteiger partial charge on any atom is -0.467 e. The van der Waals surface area contributed by atoms with Crippen LogP contribution in [0.4, 0.5) is 0 Å². The summed E-state index contributed by atoms with van der Waals surface area (Å²) in [6.45, 7) is 10.0. The van der Waals surface area contributed by atoms with Crippen molar-refractivity contribution in [2.24, 2.45) is 0 Å². The first-order chi connectivity index (χ1) is 12.8. The van der Waals surface area contributed by atoms with Gasteiger partial charge in [-0.1, -0.05) is 11.8 Å². The zero-order valence-electron chi connectivity index (χ0n) is 16.0. The molecule has 0 radical (unpaired) electrons. The van der Waals surface area contributed by atoms with Crippen molar-refractivity contribution in [2.45, 2.75) is 57.6 Å². The second kappa shape index (κ2) is 7.90. The van der Waals surface area contributed by atoms with Crippen LogP contribution >= 0.6 is 23.1 Å². The number of thioether (sulfide) groups is 1. The lowest BCUT2D eigenvalue weighted by atomic mass is 10.2. The number of thiophene rings is 1. The van der Waals surface area contributed by atoms with Crippen molar-refractivity contribution in [1.29, 1.82) is 0 Å². The maximum Gasteiger partial charge on any atom is 0.263 e. The molecule has 0 spiro atoms. The van der Waals surface area contributed by atoms with Crippen LogP contribution in [0.5, 0.6) is 0 Å². The van der Waals surface area contributed by atoms with Gasteiger partial charge in [-0.25, -0.2) is 4.98 Å². The van der Waals surface area contributed by atoms with Gasteiger partial charge in [-0.15, -0.1) is 11.3 Å². The summed E-state index contributed by atoms with van der Waals surface area (Å²) in [6, 6.07) is 3.55. The third kappa shape index (κ3) is 3.96. The fourth-order valence-electron chi connectivity index (χ4n) is 2.77. The van der Waals surface area contributed by atoms with Gasteiger partial charge in [-0.05, 0) is 52.3 Å². The van der Waals surface area contributed by atoms with E-state index in [4.69, 9.17) is 9.40 Å². The lowest BCUT2D eigenvalue weighted by molar-refractivity contribution is -0.120. The molecule has 8 heteroatoms. The van der Waals surface area contributed by atoms with E-state index in [9.17, 15) is 9.59 Å². The fraction of sp³-hybridized carbons (Fsp3) is 0.421. The summed E-state index contributed by atoms with van der Waals surface area (Å²) in [7, 11) is 0. The van der Waals surface area contributed by atoms with Crippen LogP contribution in [0, 0.1) is 13.8 Å². The molecule has 3 rings (SSSR count). The Labute approximate surface area is 166 Å². The zero-order chi connectivity index (χ0) is 19.7. The minimum absolute atomic E-state index is 0.0393. The molecule has 27 heavy (non-hydrogen) atoms. The summed E-state index contributed by atoms with van der Waals surface area (Å²) in [5.74, 6) is 0.573. The van der Waals surface area contributed by atoms with Gasteiger partial charge in [0.25, 0.3) is 5.56 Å². The number of amides is 1. The molecule has 0 unspecified atom stereocenters. The molecule has 6 nitrogen and oxygen atoms in total. The van der Waals surface area contributed by atoms with E-state index in [1.54, 1.807) is 16.9 Å². The first-order valence-electron chi connectivity index (χ1n) is 8.78. The molecule has 144 valence electrons. The largest absolute Gasteiger partial charge is 0.467 e. The van der Waals surface area contributed by atoms with Gasteiger partial charge < -0.3 is 9.73 Å². The van der Waals surface area contributed by atoms with E-state index in [0.29, 0.717) is 22.8 Å². The summed E-state index contributed by atoms with van der Waals surface area (Å²) < 4.78 is 6.91. The molecule has 0 saturated carbocycles. The van der Waals surface area contributed by atoms with E-state index in [-0.39, 0.29) is 17.5 Å². The van der Waals surface area contributed by atoms with Crippen LogP contribution in [0.1, 0.15) is 43.0 Å². The Morgan fingerprint density at radius 3 is 2.74 bits per heavy atom. The number of rotatable bonds is 6. The van der Waals surface area contributed by atoms with Gasteiger partial charge in [0.15, 0.2) is 5.16 Å². The average molecular weight is 406 g/mol. The van der Waals surface area contributed by atoms with E-state index in [1.807, 2.05) is 40.7 Å². The third-order valence-electron chi connectivity index (χ3n) is 4.39. The summed E-state index contributed by atoms with van der Waals surface area (Å²) in [6.07, 6.45) is 1.57. The second-order valence-electron chi connectivity index (χ2n) is 6.68. The average Bonchev–Trinajstić information content (AvgIpc) is 3.21. The van der Waals surface area contributed by atoms with Crippen LogP contribution in [0.15, 0.2) is 32.8 Å². The Morgan fingerprint density at radius 1 is 1.37 bits per heavy atom. The number of hydrogen-bond acceptors (Lipinski definition) is 6. The summed E-state index contributed by atoms with van der Waals surface area (Å²) in [4.78, 5) is 32.0. The fourth-order valence-corrected chi connectivity index (χ4v) is 4.90. The minimum atomic E-state index is -0.392. The smallest absolute Gasteiger partial charge is 0.263 e. The quantitative estimate of drug-likeness (QED) is 0.495. The van der Waals surface area contributed by atoms with E-state index in [2.05, 4.69) is 5.32 Å². The Balaban J connectivity index is 1.87. The van der Waals surface area contributed by atoms with Crippen molar-refractivity contribution < 1.29 is 9.21 Å². The van der Waals surface area contributed by atoms with Gasteiger partial charge in [-0.3, -0.25) is 14.2 Å². The number of nitrogens with one attached hydrogen (secondary N) is 1. The number of aryl methyl sites for hydroxylation is 2. The molecule has 0 aliphatic carbocycles. The van der Waals surface area contributed by atoms with E-state index in [0.717, 1.165) is 15.3 Å². The molecule has 0 aliphatic rings. The lowest BCUT2D eigenvalue weighted by Crippen LogP contribution is -2.32. The standard InChI is InChI=1S/C19H23N3O3S2/c1-10(2)22-18(24)15-11(3)12(4)26-17(15)21-19(22)27-13(5)16(23)20-9-14-7-6-8-25-14/h6-8,10,13H,9H2,1-5H3,(H,20,23)/t13-/m1/s1. The molecule has 1 atom stereocenters. The molecule has 3 aromatic heterocycles. The lowest BCUT2D eigenvalue weighted by Gasteiger charge is -2.18. The topological polar surface area (TPSA) is 77.1 Å². The SMILES string of the molecule is Cc1sc2nc(S[C@H](C)C(=O)NCc3ccco3)n(C(C)C)c(=O)c2c1C. The van der Waals surface area contributed by atoms with Gasteiger partial charge in [0, 0.05) is 10.9 Å².